The molecule has 0 aliphatic heterocycles. The molecule has 2 aromatic rings. The van der Waals surface area contributed by atoms with Gasteiger partial charge in [0.05, 0.1) is 17.5 Å². The first kappa shape index (κ1) is 14.0. The second-order valence-electron chi connectivity index (χ2n) is 4.08. The van der Waals surface area contributed by atoms with Gasteiger partial charge in [0.1, 0.15) is 5.69 Å². The summed E-state index contributed by atoms with van der Waals surface area (Å²) in [5.41, 5.74) is -0.105. The zero-order chi connectivity index (χ0) is 14.8. The van der Waals surface area contributed by atoms with Gasteiger partial charge in [0, 0.05) is 11.9 Å². The van der Waals surface area contributed by atoms with Gasteiger partial charge in [-0.3, -0.25) is 9.78 Å². The molecule has 0 bridgehead atoms. The van der Waals surface area contributed by atoms with Gasteiger partial charge in [0.2, 0.25) is 0 Å². The first-order valence-electron chi connectivity index (χ1n) is 5.63. The summed E-state index contributed by atoms with van der Waals surface area (Å²) in [4.78, 5) is 19.5. The van der Waals surface area contributed by atoms with Gasteiger partial charge in [-0.1, -0.05) is 6.07 Å². The number of alkyl halides is 3. The lowest BCUT2D eigenvalue weighted by Gasteiger charge is -2.09. The maximum atomic E-state index is 12.5. The third-order valence-electron chi connectivity index (χ3n) is 2.46. The average molecular weight is 281 g/mol. The van der Waals surface area contributed by atoms with Crippen LogP contribution in [-0.2, 0) is 6.18 Å². The summed E-state index contributed by atoms with van der Waals surface area (Å²) in [5.74, 6) is -0.614. The third-order valence-corrected chi connectivity index (χ3v) is 2.46. The minimum absolute atomic E-state index is 0.0352. The van der Waals surface area contributed by atoms with Gasteiger partial charge in [-0.05, 0) is 25.1 Å². The molecule has 104 valence electrons. The van der Waals surface area contributed by atoms with Crippen molar-refractivity contribution in [1.29, 1.82) is 0 Å². The van der Waals surface area contributed by atoms with Crippen molar-refractivity contribution in [2.24, 2.45) is 0 Å². The molecule has 4 nitrogen and oxygen atoms in total. The summed E-state index contributed by atoms with van der Waals surface area (Å²) < 4.78 is 37.6. The molecule has 0 unspecified atom stereocenters. The fourth-order valence-electron chi connectivity index (χ4n) is 1.48. The van der Waals surface area contributed by atoms with Crippen molar-refractivity contribution in [2.45, 2.75) is 13.1 Å². The quantitative estimate of drug-likeness (QED) is 0.920. The molecular formula is C13H10F3N3O. The van der Waals surface area contributed by atoms with E-state index >= 15 is 0 Å². The second kappa shape index (κ2) is 5.28. The van der Waals surface area contributed by atoms with Crippen molar-refractivity contribution in [3.8, 4) is 0 Å². The summed E-state index contributed by atoms with van der Waals surface area (Å²) in [6, 6.07) is 4.38. The number of carbonyl (C=O) groups excluding carboxylic acids is 1. The molecule has 0 aliphatic carbocycles. The minimum Gasteiger partial charge on any atom is -0.321 e. The standard InChI is InChI=1S/C13H10F3N3O/c1-8-6-18-11(7-17-8)12(20)19-10-4-2-3-9(5-10)13(14,15)16/h2-7H,1H3,(H,19,20). The number of halogens is 3. The fourth-order valence-corrected chi connectivity index (χ4v) is 1.48. The minimum atomic E-state index is -4.45. The Labute approximate surface area is 112 Å². The Morgan fingerprint density at radius 1 is 1.20 bits per heavy atom. The van der Waals surface area contributed by atoms with E-state index in [0.717, 1.165) is 12.1 Å². The van der Waals surface area contributed by atoms with Crippen molar-refractivity contribution in [3.63, 3.8) is 0 Å². The van der Waals surface area contributed by atoms with E-state index in [1.807, 2.05) is 0 Å². The van der Waals surface area contributed by atoms with Gasteiger partial charge in [0.15, 0.2) is 0 Å². The van der Waals surface area contributed by atoms with E-state index in [1.54, 1.807) is 6.92 Å². The van der Waals surface area contributed by atoms with Crippen LogP contribution in [0.2, 0.25) is 0 Å². The summed E-state index contributed by atoms with van der Waals surface area (Å²) in [5, 5.41) is 2.35. The Morgan fingerprint density at radius 3 is 2.55 bits per heavy atom. The number of hydrogen-bond acceptors (Lipinski definition) is 3. The molecule has 0 saturated carbocycles. The molecule has 0 saturated heterocycles. The highest BCUT2D eigenvalue weighted by molar-refractivity contribution is 6.02. The largest absolute Gasteiger partial charge is 0.416 e. The average Bonchev–Trinajstić information content (AvgIpc) is 2.38. The van der Waals surface area contributed by atoms with E-state index in [4.69, 9.17) is 0 Å². The number of carbonyl (C=O) groups is 1. The Kier molecular flexibility index (Phi) is 3.69. The highest BCUT2D eigenvalue weighted by Gasteiger charge is 2.30. The number of benzene rings is 1. The monoisotopic (exact) mass is 281 g/mol. The lowest BCUT2D eigenvalue weighted by Crippen LogP contribution is -2.15. The molecule has 0 atom stereocenters. The van der Waals surface area contributed by atoms with Crippen LogP contribution in [0.5, 0.6) is 0 Å². The van der Waals surface area contributed by atoms with Crippen molar-refractivity contribution in [2.75, 3.05) is 5.32 Å². The van der Waals surface area contributed by atoms with Crippen LogP contribution in [0, 0.1) is 6.92 Å². The summed E-state index contributed by atoms with van der Waals surface area (Å²) in [6.45, 7) is 1.71. The Bertz CT molecular complexity index is 624. The highest BCUT2D eigenvalue weighted by Crippen LogP contribution is 2.30. The van der Waals surface area contributed by atoms with Crippen molar-refractivity contribution in [1.82, 2.24) is 9.97 Å². The Balaban J connectivity index is 2.18. The fraction of sp³-hybridized carbons (Fsp3) is 0.154. The summed E-state index contributed by atoms with van der Waals surface area (Å²) in [6.07, 6.45) is -1.79. The molecule has 0 aliphatic rings. The van der Waals surface area contributed by atoms with E-state index < -0.39 is 17.6 Å². The number of anilines is 1. The van der Waals surface area contributed by atoms with Crippen LogP contribution in [-0.4, -0.2) is 15.9 Å². The van der Waals surface area contributed by atoms with E-state index in [1.165, 1.54) is 24.5 Å². The van der Waals surface area contributed by atoms with E-state index in [-0.39, 0.29) is 11.4 Å². The number of hydrogen-bond donors (Lipinski definition) is 1. The maximum absolute atomic E-state index is 12.5. The highest BCUT2D eigenvalue weighted by atomic mass is 19.4. The molecule has 20 heavy (non-hydrogen) atoms. The molecule has 1 N–H and O–H groups in total. The molecule has 2 rings (SSSR count). The smallest absolute Gasteiger partial charge is 0.321 e. The van der Waals surface area contributed by atoms with Gasteiger partial charge in [-0.25, -0.2) is 4.98 Å². The number of amides is 1. The maximum Gasteiger partial charge on any atom is 0.416 e. The van der Waals surface area contributed by atoms with Crippen LogP contribution >= 0.6 is 0 Å². The number of aromatic nitrogens is 2. The first-order chi connectivity index (χ1) is 9.36. The molecule has 7 heteroatoms. The molecule has 1 aromatic heterocycles. The summed E-state index contributed by atoms with van der Waals surface area (Å²) >= 11 is 0. The van der Waals surface area contributed by atoms with Crippen molar-refractivity contribution < 1.29 is 18.0 Å². The lowest BCUT2D eigenvalue weighted by atomic mass is 10.2. The molecule has 0 spiro atoms. The molecule has 0 fully saturated rings. The van der Waals surface area contributed by atoms with Crippen LogP contribution in [0.1, 0.15) is 21.7 Å². The zero-order valence-corrected chi connectivity index (χ0v) is 10.4. The Hall–Kier alpha value is -2.44. The van der Waals surface area contributed by atoms with Gasteiger partial charge in [-0.2, -0.15) is 13.2 Å². The Morgan fingerprint density at radius 2 is 1.95 bits per heavy atom. The number of rotatable bonds is 2. The topological polar surface area (TPSA) is 54.9 Å². The first-order valence-corrected chi connectivity index (χ1v) is 5.63. The third kappa shape index (κ3) is 3.31. The van der Waals surface area contributed by atoms with Crippen LogP contribution in [0.3, 0.4) is 0 Å². The van der Waals surface area contributed by atoms with Gasteiger partial charge >= 0.3 is 6.18 Å². The number of nitrogens with one attached hydrogen (secondary N) is 1. The molecular weight excluding hydrogens is 271 g/mol. The van der Waals surface area contributed by atoms with Crippen LogP contribution in [0.25, 0.3) is 0 Å². The summed E-state index contributed by atoms with van der Waals surface area (Å²) in [7, 11) is 0. The van der Waals surface area contributed by atoms with E-state index in [0.29, 0.717) is 5.69 Å². The second-order valence-corrected chi connectivity index (χ2v) is 4.08. The molecule has 0 radical (unpaired) electrons. The molecule has 1 heterocycles. The van der Waals surface area contributed by atoms with Crippen LogP contribution < -0.4 is 5.32 Å². The number of nitrogens with zero attached hydrogens (tertiary/aromatic N) is 2. The van der Waals surface area contributed by atoms with Gasteiger partial charge in [0.25, 0.3) is 5.91 Å². The SMILES string of the molecule is Cc1cnc(C(=O)Nc2cccc(C(F)(F)F)c2)cn1. The predicted molar refractivity (Wildman–Crippen MR) is 66.2 cm³/mol. The number of aryl methyl sites for hydroxylation is 1. The van der Waals surface area contributed by atoms with E-state index in [9.17, 15) is 18.0 Å². The molecule has 1 amide bonds. The van der Waals surface area contributed by atoms with Gasteiger partial charge in [-0.15, -0.1) is 0 Å². The predicted octanol–water partition coefficient (Wildman–Crippen LogP) is 3.06. The normalized spacial score (nSPS) is 11.2. The van der Waals surface area contributed by atoms with Crippen LogP contribution in [0.4, 0.5) is 18.9 Å². The van der Waals surface area contributed by atoms with E-state index in [2.05, 4.69) is 15.3 Å². The zero-order valence-electron chi connectivity index (χ0n) is 10.4. The van der Waals surface area contributed by atoms with Gasteiger partial charge < -0.3 is 5.32 Å². The van der Waals surface area contributed by atoms with Crippen molar-refractivity contribution >= 4 is 11.6 Å². The molecule has 1 aromatic carbocycles. The lowest BCUT2D eigenvalue weighted by molar-refractivity contribution is -0.137. The van der Waals surface area contributed by atoms with Crippen LogP contribution in [0.15, 0.2) is 36.7 Å². The van der Waals surface area contributed by atoms with Crippen molar-refractivity contribution in [3.05, 3.63) is 53.6 Å².